The second-order valence-corrected chi connectivity index (χ2v) is 7.89. The lowest BCUT2D eigenvalue weighted by molar-refractivity contribution is 0.148. The van der Waals surface area contributed by atoms with Crippen molar-refractivity contribution in [2.75, 3.05) is 38.0 Å². The van der Waals surface area contributed by atoms with Gasteiger partial charge in [-0.1, -0.05) is 37.6 Å². The Morgan fingerprint density at radius 1 is 1.08 bits per heavy atom. The average molecular weight is 356 g/mol. The van der Waals surface area contributed by atoms with Crippen molar-refractivity contribution in [1.29, 1.82) is 0 Å². The fourth-order valence-electron chi connectivity index (χ4n) is 3.76. The van der Waals surface area contributed by atoms with Crippen LogP contribution in [0.5, 0.6) is 0 Å². The van der Waals surface area contributed by atoms with E-state index in [2.05, 4.69) is 42.3 Å². The SMILES string of the molecule is CC(C)c1ccc(NC(=O)N2CCN(CCC3=CCCCC3)CC2)cc1. The lowest BCUT2D eigenvalue weighted by Gasteiger charge is -2.35. The predicted octanol–water partition coefficient (Wildman–Crippen LogP) is 4.85. The van der Waals surface area contributed by atoms with E-state index >= 15 is 0 Å². The standard InChI is InChI=1S/C22H33N3O/c1-18(2)20-8-10-21(11-9-20)23-22(26)25-16-14-24(15-17-25)13-12-19-6-4-3-5-7-19/h6,8-11,18H,3-5,7,12-17H2,1-2H3,(H,23,26). The van der Waals surface area contributed by atoms with Gasteiger partial charge in [0.25, 0.3) is 0 Å². The molecular weight excluding hydrogens is 322 g/mol. The van der Waals surface area contributed by atoms with Crippen molar-refractivity contribution in [2.45, 2.75) is 51.9 Å². The molecule has 142 valence electrons. The van der Waals surface area contributed by atoms with E-state index in [0.29, 0.717) is 5.92 Å². The van der Waals surface area contributed by atoms with E-state index in [1.807, 2.05) is 17.0 Å². The molecule has 1 aliphatic carbocycles. The first kappa shape index (κ1) is 19.0. The molecule has 1 N–H and O–H groups in total. The number of amides is 2. The highest BCUT2D eigenvalue weighted by atomic mass is 16.2. The molecule has 2 aliphatic rings. The molecule has 0 bridgehead atoms. The fourth-order valence-corrected chi connectivity index (χ4v) is 3.76. The van der Waals surface area contributed by atoms with E-state index in [0.717, 1.165) is 38.4 Å². The summed E-state index contributed by atoms with van der Waals surface area (Å²) < 4.78 is 0. The second kappa shape index (κ2) is 9.22. The highest BCUT2D eigenvalue weighted by Crippen LogP contribution is 2.21. The summed E-state index contributed by atoms with van der Waals surface area (Å²) in [7, 11) is 0. The van der Waals surface area contributed by atoms with E-state index in [9.17, 15) is 4.79 Å². The number of benzene rings is 1. The minimum absolute atomic E-state index is 0.0249. The molecule has 2 amide bonds. The van der Waals surface area contributed by atoms with Gasteiger partial charge in [-0.25, -0.2) is 4.79 Å². The predicted molar refractivity (Wildman–Crippen MR) is 109 cm³/mol. The molecule has 0 unspecified atom stereocenters. The number of carbonyl (C=O) groups excluding carboxylic acids is 1. The largest absolute Gasteiger partial charge is 0.322 e. The molecule has 3 rings (SSSR count). The highest BCUT2D eigenvalue weighted by Gasteiger charge is 2.21. The van der Waals surface area contributed by atoms with Crippen LogP contribution < -0.4 is 5.32 Å². The van der Waals surface area contributed by atoms with Crippen LogP contribution in [0.1, 0.15) is 57.4 Å². The zero-order valence-electron chi connectivity index (χ0n) is 16.3. The van der Waals surface area contributed by atoms with Crippen LogP contribution in [-0.2, 0) is 0 Å². The Bertz CT molecular complexity index is 613. The summed E-state index contributed by atoms with van der Waals surface area (Å²) in [5.41, 5.74) is 3.82. The van der Waals surface area contributed by atoms with Crippen molar-refractivity contribution in [1.82, 2.24) is 9.80 Å². The molecule has 0 saturated carbocycles. The Balaban J connectivity index is 1.41. The highest BCUT2D eigenvalue weighted by molar-refractivity contribution is 5.89. The topological polar surface area (TPSA) is 35.6 Å². The van der Waals surface area contributed by atoms with Crippen molar-refractivity contribution in [3.63, 3.8) is 0 Å². The Kier molecular flexibility index (Phi) is 6.73. The normalized spacial score (nSPS) is 18.7. The number of hydrogen-bond donors (Lipinski definition) is 1. The maximum atomic E-state index is 12.5. The number of piperazine rings is 1. The third-order valence-corrected chi connectivity index (χ3v) is 5.62. The van der Waals surface area contributed by atoms with Crippen LogP contribution in [0.3, 0.4) is 0 Å². The van der Waals surface area contributed by atoms with E-state index in [-0.39, 0.29) is 6.03 Å². The van der Waals surface area contributed by atoms with Gasteiger partial charge in [0.2, 0.25) is 0 Å². The minimum Gasteiger partial charge on any atom is -0.322 e. The van der Waals surface area contributed by atoms with Crippen molar-refractivity contribution >= 4 is 11.7 Å². The summed E-state index contributed by atoms with van der Waals surface area (Å²) in [6.07, 6.45) is 8.92. The Hall–Kier alpha value is -1.81. The molecule has 4 heteroatoms. The van der Waals surface area contributed by atoms with Gasteiger partial charge in [0.15, 0.2) is 0 Å². The van der Waals surface area contributed by atoms with Crippen LogP contribution >= 0.6 is 0 Å². The summed E-state index contributed by atoms with van der Waals surface area (Å²) >= 11 is 0. The van der Waals surface area contributed by atoms with Gasteiger partial charge in [0, 0.05) is 38.4 Å². The maximum absolute atomic E-state index is 12.5. The van der Waals surface area contributed by atoms with Crippen LogP contribution in [0.2, 0.25) is 0 Å². The molecule has 26 heavy (non-hydrogen) atoms. The monoisotopic (exact) mass is 355 g/mol. The third-order valence-electron chi connectivity index (χ3n) is 5.62. The number of allylic oxidation sites excluding steroid dienone is 1. The zero-order chi connectivity index (χ0) is 18.4. The minimum atomic E-state index is 0.0249. The van der Waals surface area contributed by atoms with Gasteiger partial charge in [0.1, 0.15) is 0 Å². The number of urea groups is 1. The van der Waals surface area contributed by atoms with Crippen molar-refractivity contribution in [3.05, 3.63) is 41.5 Å². The maximum Gasteiger partial charge on any atom is 0.321 e. The van der Waals surface area contributed by atoms with Crippen LogP contribution in [0, 0.1) is 0 Å². The van der Waals surface area contributed by atoms with Gasteiger partial charge in [-0.3, -0.25) is 4.90 Å². The molecule has 1 saturated heterocycles. The fraction of sp³-hybridized carbons (Fsp3) is 0.591. The summed E-state index contributed by atoms with van der Waals surface area (Å²) in [6.45, 7) is 9.08. The van der Waals surface area contributed by atoms with E-state index in [1.54, 1.807) is 5.57 Å². The molecule has 1 heterocycles. The van der Waals surface area contributed by atoms with Gasteiger partial charge in [-0.05, 0) is 55.7 Å². The molecule has 4 nitrogen and oxygen atoms in total. The van der Waals surface area contributed by atoms with Crippen LogP contribution in [-0.4, -0.2) is 48.6 Å². The average Bonchev–Trinajstić information content (AvgIpc) is 2.68. The van der Waals surface area contributed by atoms with Crippen LogP contribution in [0.4, 0.5) is 10.5 Å². The number of nitrogens with zero attached hydrogens (tertiary/aromatic N) is 2. The lowest BCUT2D eigenvalue weighted by atomic mass is 9.97. The number of anilines is 1. The van der Waals surface area contributed by atoms with Crippen LogP contribution in [0.25, 0.3) is 0 Å². The van der Waals surface area contributed by atoms with E-state index in [1.165, 1.54) is 37.7 Å². The molecule has 1 aromatic rings. The number of carbonyl (C=O) groups is 1. The second-order valence-electron chi connectivity index (χ2n) is 7.89. The zero-order valence-corrected chi connectivity index (χ0v) is 16.3. The first-order chi connectivity index (χ1) is 12.6. The molecular formula is C22H33N3O. The smallest absolute Gasteiger partial charge is 0.321 e. The Morgan fingerprint density at radius 3 is 2.42 bits per heavy atom. The summed E-state index contributed by atoms with van der Waals surface area (Å²) in [5, 5.41) is 3.04. The molecule has 0 radical (unpaired) electrons. The molecule has 1 aliphatic heterocycles. The number of hydrogen-bond acceptors (Lipinski definition) is 2. The molecule has 0 spiro atoms. The van der Waals surface area contributed by atoms with Crippen LogP contribution in [0.15, 0.2) is 35.9 Å². The quantitative estimate of drug-likeness (QED) is 0.766. The Labute approximate surface area is 158 Å². The molecule has 0 atom stereocenters. The van der Waals surface area contributed by atoms with Gasteiger partial charge in [-0.15, -0.1) is 0 Å². The van der Waals surface area contributed by atoms with Gasteiger partial charge < -0.3 is 10.2 Å². The Morgan fingerprint density at radius 2 is 1.81 bits per heavy atom. The molecule has 0 aromatic heterocycles. The number of rotatable bonds is 5. The first-order valence-electron chi connectivity index (χ1n) is 10.2. The number of nitrogens with one attached hydrogen (secondary N) is 1. The van der Waals surface area contributed by atoms with E-state index < -0.39 is 0 Å². The first-order valence-corrected chi connectivity index (χ1v) is 10.2. The van der Waals surface area contributed by atoms with Crippen molar-refractivity contribution < 1.29 is 4.79 Å². The third kappa shape index (κ3) is 5.34. The van der Waals surface area contributed by atoms with Gasteiger partial charge in [0.05, 0.1) is 0 Å². The van der Waals surface area contributed by atoms with Gasteiger partial charge >= 0.3 is 6.03 Å². The van der Waals surface area contributed by atoms with Crippen molar-refractivity contribution in [3.8, 4) is 0 Å². The van der Waals surface area contributed by atoms with Gasteiger partial charge in [-0.2, -0.15) is 0 Å². The molecule has 1 fully saturated rings. The molecule has 1 aromatic carbocycles. The summed E-state index contributed by atoms with van der Waals surface area (Å²) in [6, 6.07) is 8.22. The summed E-state index contributed by atoms with van der Waals surface area (Å²) in [5.74, 6) is 0.511. The van der Waals surface area contributed by atoms with E-state index in [4.69, 9.17) is 0 Å². The summed E-state index contributed by atoms with van der Waals surface area (Å²) in [4.78, 5) is 16.9. The lowest BCUT2D eigenvalue weighted by Crippen LogP contribution is -2.50. The van der Waals surface area contributed by atoms with Crippen molar-refractivity contribution in [2.24, 2.45) is 0 Å².